The van der Waals surface area contributed by atoms with Crippen LogP contribution in [0, 0.1) is 12.3 Å². The van der Waals surface area contributed by atoms with Crippen molar-refractivity contribution in [2.75, 3.05) is 6.61 Å². The zero-order valence-corrected chi connectivity index (χ0v) is 24.7. The quantitative estimate of drug-likeness (QED) is 0.214. The molecule has 218 valence electrons. The minimum atomic E-state index is -0.276. The zero-order chi connectivity index (χ0) is 29.6. The smallest absolute Gasteiger partial charge is 0.223 e. The number of ether oxygens (including phenoxy) is 5. The Hall–Kier alpha value is -3.90. The van der Waals surface area contributed by atoms with E-state index in [2.05, 4.69) is 20.9 Å². The number of para-hydroxylation sites is 1. The van der Waals surface area contributed by atoms with Crippen molar-refractivity contribution in [3.63, 3.8) is 0 Å². The molecule has 0 radical (unpaired) electrons. The maximum Gasteiger partial charge on any atom is 0.223 e. The Morgan fingerprint density at radius 2 is 1.56 bits per heavy atom. The number of rotatable bonds is 8. The highest BCUT2D eigenvalue weighted by atomic mass is 16.7. The Balaban J connectivity index is 0.000000170. The van der Waals surface area contributed by atoms with Crippen LogP contribution in [0.3, 0.4) is 0 Å². The van der Waals surface area contributed by atoms with Gasteiger partial charge in [-0.1, -0.05) is 36.3 Å². The van der Waals surface area contributed by atoms with Gasteiger partial charge in [0.25, 0.3) is 0 Å². The number of nitrogens with zero attached hydrogens (tertiary/aromatic N) is 2. The van der Waals surface area contributed by atoms with E-state index in [1.807, 2.05) is 108 Å². The van der Waals surface area contributed by atoms with Crippen molar-refractivity contribution in [2.24, 2.45) is 0 Å². The van der Waals surface area contributed by atoms with E-state index in [1.165, 1.54) is 0 Å². The Morgan fingerprint density at radius 3 is 2.24 bits per heavy atom. The van der Waals surface area contributed by atoms with Gasteiger partial charge < -0.3 is 23.7 Å². The molecule has 1 aliphatic heterocycles. The van der Waals surface area contributed by atoms with Gasteiger partial charge in [-0.05, 0) is 87.8 Å². The van der Waals surface area contributed by atoms with Crippen LogP contribution in [0.5, 0.6) is 11.5 Å². The van der Waals surface area contributed by atoms with E-state index in [-0.39, 0.29) is 24.6 Å². The molecular formula is C33H40N2O6. The van der Waals surface area contributed by atoms with Crippen LogP contribution >= 0.6 is 0 Å². The Kier molecular flexibility index (Phi) is 12.6. The minimum absolute atomic E-state index is 0.164. The van der Waals surface area contributed by atoms with Gasteiger partial charge in [0.15, 0.2) is 0 Å². The highest BCUT2D eigenvalue weighted by Crippen LogP contribution is 2.25. The maximum atomic E-state index is 5.64. The summed E-state index contributed by atoms with van der Waals surface area (Å²) in [6.07, 6.45) is 5.60. The van der Waals surface area contributed by atoms with Gasteiger partial charge in [-0.15, -0.1) is 6.42 Å². The molecule has 0 fully saturated rings. The van der Waals surface area contributed by atoms with E-state index in [1.54, 1.807) is 0 Å². The third kappa shape index (κ3) is 11.2. The highest BCUT2D eigenvalue weighted by molar-refractivity contribution is 5.74. The summed E-state index contributed by atoms with van der Waals surface area (Å²) >= 11 is 0. The summed E-state index contributed by atoms with van der Waals surface area (Å²) in [7, 11) is 0. The fraction of sp³-hybridized carbons (Fsp3) is 0.394. The van der Waals surface area contributed by atoms with Crippen LogP contribution in [0.15, 0.2) is 71.4 Å². The molecular weight excluding hydrogens is 520 g/mol. The third-order valence-corrected chi connectivity index (χ3v) is 5.52. The molecule has 1 aromatic heterocycles. The molecule has 4 aromatic rings. The molecule has 5 rings (SSSR count). The Bertz CT molecular complexity index is 1360. The van der Waals surface area contributed by atoms with Gasteiger partial charge in [-0.25, -0.2) is 4.63 Å². The van der Waals surface area contributed by atoms with Gasteiger partial charge in [0.2, 0.25) is 6.29 Å². The monoisotopic (exact) mass is 560 g/mol. The summed E-state index contributed by atoms with van der Waals surface area (Å²) in [5.74, 6) is 4.27. The summed E-state index contributed by atoms with van der Waals surface area (Å²) < 4.78 is 32.1. The van der Waals surface area contributed by atoms with Crippen molar-refractivity contribution in [2.45, 2.75) is 79.4 Å². The van der Waals surface area contributed by atoms with Gasteiger partial charge in [0.1, 0.15) is 29.1 Å². The van der Waals surface area contributed by atoms with Crippen molar-refractivity contribution < 1.29 is 28.3 Å². The summed E-state index contributed by atoms with van der Waals surface area (Å²) in [5.41, 5.74) is 4.63. The van der Waals surface area contributed by atoms with Crippen LogP contribution in [0.2, 0.25) is 0 Å². The molecule has 1 unspecified atom stereocenters. The average molecular weight is 561 g/mol. The van der Waals surface area contributed by atoms with Gasteiger partial charge in [0.05, 0.1) is 31.5 Å². The lowest BCUT2D eigenvalue weighted by Crippen LogP contribution is -2.31. The molecule has 0 amide bonds. The van der Waals surface area contributed by atoms with Gasteiger partial charge in [0, 0.05) is 17.2 Å². The number of hydrogen-bond acceptors (Lipinski definition) is 8. The summed E-state index contributed by atoms with van der Waals surface area (Å²) in [6, 6.07) is 21.3. The van der Waals surface area contributed by atoms with Crippen LogP contribution in [-0.4, -0.2) is 41.5 Å². The molecule has 0 saturated carbocycles. The first kappa shape index (κ1) is 31.6. The fourth-order valence-corrected chi connectivity index (χ4v) is 3.52. The standard InChI is InChI=1S/C12H16O3.C12H14O.C9H10N2O2/c1-9(2)13-8-12-14-7-10-5-3-4-6-11(10)15-12;1-4-11-5-7-12(8-6-11)9-13-10(2)3;1-6(2)12-7-3-4-8-9(5-7)11-13-10-8/h3-6,9,12H,7-8H2,1-2H3;1,5-8,10H,9H2,2-3H3;3-6H,1-2H3. The second-order valence-corrected chi connectivity index (χ2v) is 10.1. The van der Waals surface area contributed by atoms with E-state index >= 15 is 0 Å². The van der Waals surface area contributed by atoms with Crippen LogP contribution in [0.4, 0.5) is 0 Å². The van der Waals surface area contributed by atoms with E-state index in [9.17, 15) is 0 Å². The van der Waals surface area contributed by atoms with E-state index in [4.69, 9.17) is 30.1 Å². The van der Waals surface area contributed by atoms with Crippen molar-refractivity contribution in [1.82, 2.24) is 10.3 Å². The number of aromatic nitrogens is 2. The molecule has 2 heterocycles. The average Bonchev–Trinajstić information content (AvgIpc) is 3.43. The lowest BCUT2D eigenvalue weighted by atomic mass is 10.1. The largest absolute Gasteiger partial charge is 0.491 e. The maximum absolute atomic E-state index is 5.64. The molecule has 1 aliphatic rings. The molecule has 8 heteroatoms. The highest BCUT2D eigenvalue weighted by Gasteiger charge is 2.20. The van der Waals surface area contributed by atoms with Gasteiger partial charge in [-0.2, -0.15) is 0 Å². The van der Waals surface area contributed by atoms with Crippen LogP contribution in [0.1, 0.15) is 58.2 Å². The SMILES string of the molecule is C#Cc1ccc(COC(C)C)cc1.CC(C)OCC1OCc2ccccc2O1.CC(C)Oc1ccc2nonc2c1. The molecule has 0 N–H and O–H groups in total. The molecule has 3 aromatic carbocycles. The summed E-state index contributed by atoms with van der Waals surface area (Å²) in [6.45, 7) is 13.7. The van der Waals surface area contributed by atoms with Crippen LogP contribution < -0.4 is 9.47 Å². The summed E-state index contributed by atoms with van der Waals surface area (Å²) in [5, 5.41) is 7.42. The zero-order valence-electron chi connectivity index (χ0n) is 24.7. The minimum Gasteiger partial charge on any atom is -0.491 e. The van der Waals surface area contributed by atoms with E-state index in [0.29, 0.717) is 19.8 Å². The lowest BCUT2D eigenvalue weighted by molar-refractivity contribution is -0.150. The summed E-state index contributed by atoms with van der Waals surface area (Å²) in [4.78, 5) is 0. The molecule has 0 aliphatic carbocycles. The van der Waals surface area contributed by atoms with Gasteiger partial charge in [-0.3, -0.25) is 0 Å². The van der Waals surface area contributed by atoms with Crippen LogP contribution in [-0.2, 0) is 27.4 Å². The molecule has 0 bridgehead atoms. The number of terminal acetylenes is 1. The first-order valence-electron chi connectivity index (χ1n) is 13.8. The van der Waals surface area contributed by atoms with Crippen LogP contribution in [0.25, 0.3) is 11.0 Å². The lowest BCUT2D eigenvalue weighted by Gasteiger charge is -2.26. The molecule has 0 spiro atoms. The predicted molar refractivity (Wildman–Crippen MR) is 159 cm³/mol. The Morgan fingerprint density at radius 1 is 0.854 bits per heavy atom. The number of fused-ring (bicyclic) bond motifs is 2. The van der Waals surface area contributed by atoms with E-state index in [0.717, 1.165) is 39.2 Å². The molecule has 1 atom stereocenters. The first-order chi connectivity index (χ1) is 19.7. The van der Waals surface area contributed by atoms with Crippen molar-refractivity contribution in [1.29, 1.82) is 0 Å². The fourth-order valence-electron chi connectivity index (χ4n) is 3.52. The third-order valence-electron chi connectivity index (χ3n) is 5.52. The number of benzene rings is 3. The van der Waals surface area contributed by atoms with E-state index < -0.39 is 0 Å². The molecule has 8 nitrogen and oxygen atoms in total. The topological polar surface area (TPSA) is 85.1 Å². The van der Waals surface area contributed by atoms with Crippen molar-refractivity contribution in [3.8, 4) is 23.8 Å². The normalized spacial score (nSPS) is 13.9. The number of hydrogen-bond donors (Lipinski definition) is 0. The molecule has 0 saturated heterocycles. The second-order valence-electron chi connectivity index (χ2n) is 10.1. The first-order valence-corrected chi connectivity index (χ1v) is 13.8. The predicted octanol–water partition coefficient (Wildman–Crippen LogP) is 6.95. The van der Waals surface area contributed by atoms with Crippen molar-refractivity contribution in [3.05, 3.63) is 83.4 Å². The van der Waals surface area contributed by atoms with Gasteiger partial charge >= 0.3 is 0 Å². The Labute approximate surface area is 242 Å². The van der Waals surface area contributed by atoms with Crippen molar-refractivity contribution >= 4 is 11.0 Å². The second kappa shape index (κ2) is 16.4. The molecule has 41 heavy (non-hydrogen) atoms.